The molecule has 0 atom stereocenters. The molecule has 14 heavy (non-hydrogen) atoms. The summed E-state index contributed by atoms with van der Waals surface area (Å²) < 4.78 is 0. The molecule has 1 aromatic rings. The number of aliphatic imine (C=N–C) groups is 1. The fourth-order valence-corrected chi connectivity index (χ4v) is 1.12. The van der Waals surface area contributed by atoms with Crippen molar-refractivity contribution in [2.75, 3.05) is 7.11 Å². The van der Waals surface area contributed by atoms with Crippen molar-refractivity contribution in [3.05, 3.63) is 35.4 Å². The minimum atomic E-state index is 0.379. The van der Waals surface area contributed by atoms with Crippen molar-refractivity contribution in [2.24, 2.45) is 4.99 Å². The Hall–Kier alpha value is -1.48. The lowest BCUT2D eigenvalue weighted by atomic mass is 10.1. The number of nitrogens with one attached hydrogen (secondary N) is 1. The third kappa shape index (κ3) is 3.49. The molecule has 0 heterocycles. The Morgan fingerprint density at radius 1 is 1.50 bits per heavy atom. The summed E-state index contributed by atoms with van der Waals surface area (Å²) in [7, 11) is 1.57. The van der Waals surface area contributed by atoms with Gasteiger partial charge in [0.15, 0.2) is 0 Å². The van der Waals surface area contributed by atoms with Crippen molar-refractivity contribution in [3.63, 3.8) is 0 Å². The number of carbonyl (C=O) groups excluding carboxylic acids is 1. The Labute approximate surface area is 82.6 Å². The molecule has 0 bridgehead atoms. The Morgan fingerprint density at radius 3 is 3.00 bits per heavy atom. The van der Waals surface area contributed by atoms with Crippen molar-refractivity contribution < 1.29 is 9.63 Å². The first-order chi connectivity index (χ1) is 6.86. The summed E-state index contributed by atoms with van der Waals surface area (Å²) >= 11 is 0. The fourth-order valence-electron chi connectivity index (χ4n) is 1.12. The standard InChI is InChI=1S/C10H12N2O2/c1-14-12-7-10-4-2-3-9(5-10)6-11-8-13/h2-5,12H,6-7H2,1H3. The Kier molecular flexibility index (Phi) is 4.58. The van der Waals surface area contributed by atoms with E-state index in [0.717, 1.165) is 11.1 Å². The van der Waals surface area contributed by atoms with Crippen LogP contribution in [0.3, 0.4) is 0 Å². The van der Waals surface area contributed by atoms with E-state index in [4.69, 9.17) is 4.84 Å². The van der Waals surface area contributed by atoms with Crippen LogP contribution in [-0.2, 0) is 22.7 Å². The van der Waals surface area contributed by atoms with Gasteiger partial charge in [0.05, 0.1) is 13.7 Å². The molecule has 0 saturated heterocycles. The van der Waals surface area contributed by atoms with Crippen LogP contribution in [0.5, 0.6) is 0 Å². The minimum Gasteiger partial charge on any atom is -0.305 e. The van der Waals surface area contributed by atoms with Gasteiger partial charge in [-0.15, -0.1) is 0 Å². The van der Waals surface area contributed by atoms with E-state index in [-0.39, 0.29) is 0 Å². The van der Waals surface area contributed by atoms with Crippen LogP contribution in [0, 0.1) is 0 Å². The number of isocyanates is 1. The topological polar surface area (TPSA) is 50.7 Å². The summed E-state index contributed by atoms with van der Waals surface area (Å²) in [6, 6.07) is 7.77. The highest BCUT2D eigenvalue weighted by Gasteiger charge is 1.94. The first-order valence-electron chi connectivity index (χ1n) is 4.24. The SMILES string of the molecule is CONCc1cccc(CN=C=O)c1. The normalized spacial score (nSPS) is 9.50. The number of nitrogens with zero attached hydrogens (tertiary/aromatic N) is 1. The predicted octanol–water partition coefficient (Wildman–Crippen LogP) is 1.17. The van der Waals surface area contributed by atoms with Gasteiger partial charge in [-0.25, -0.2) is 9.79 Å². The van der Waals surface area contributed by atoms with Gasteiger partial charge < -0.3 is 4.84 Å². The van der Waals surface area contributed by atoms with E-state index in [1.165, 1.54) is 6.08 Å². The van der Waals surface area contributed by atoms with E-state index in [9.17, 15) is 4.79 Å². The van der Waals surface area contributed by atoms with Gasteiger partial charge in [-0.2, -0.15) is 5.48 Å². The summed E-state index contributed by atoms with van der Waals surface area (Å²) in [5, 5.41) is 0. The van der Waals surface area contributed by atoms with Gasteiger partial charge in [0.2, 0.25) is 6.08 Å². The predicted molar refractivity (Wildman–Crippen MR) is 52.1 cm³/mol. The number of rotatable bonds is 5. The molecular formula is C10H12N2O2. The molecule has 0 amide bonds. The number of hydrogen-bond acceptors (Lipinski definition) is 4. The maximum Gasteiger partial charge on any atom is 0.235 e. The average molecular weight is 192 g/mol. The quantitative estimate of drug-likeness (QED) is 0.433. The number of hydrogen-bond donors (Lipinski definition) is 1. The molecule has 0 aliphatic rings. The molecular weight excluding hydrogens is 180 g/mol. The van der Waals surface area contributed by atoms with Crippen molar-refractivity contribution in [2.45, 2.75) is 13.1 Å². The van der Waals surface area contributed by atoms with Gasteiger partial charge >= 0.3 is 0 Å². The van der Waals surface area contributed by atoms with Crippen molar-refractivity contribution >= 4 is 6.08 Å². The Bertz CT molecular complexity index is 333. The molecule has 4 heteroatoms. The number of benzene rings is 1. The van der Waals surface area contributed by atoms with Crippen LogP contribution in [0.25, 0.3) is 0 Å². The van der Waals surface area contributed by atoms with Crippen molar-refractivity contribution in [3.8, 4) is 0 Å². The van der Waals surface area contributed by atoms with Crippen LogP contribution in [0.15, 0.2) is 29.3 Å². The van der Waals surface area contributed by atoms with Crippen LogP contribution in [0.4, 0.5) is 0 Å². The largest absolute Gasteiger partial charge is 0.305 e. The first-order valence-corrected chi connectivity index (χ1v) is 4.24. The zero-order chi connectivity index (χ0) is 10.2. The molecule has 1 N–H and O–H groups in total. The van der Waals surface area contributed by atoms with E-state index < -0.39 is 0 Å². The van der Waals surface area contributed by atoms with Crippen LogP contribution in [0.1, 0.15) is 11.1 Å². The summed E-state index contributed by atoms with van der Waals surface area (Å²) in [5.74, 6) is 0. The third-order valence-corrected chi connectivity index (χ3v) is 1.74. The van der Waals surface area contributed by atoms with Gasteiger partial charge in [0, 0.05) is 6.54 Å². The second kappa shape index (κ2) is 6.05. The monoisotopic (exact) mass is 192 g/mol. The molecule has 74 valence electrons. The molecule has 0 radical (unpaired) electrons. The average Bonchev–Trinajstić information content (AvgIpc) is 2.24. The molecule has 1 rings (SSSR count). The van der Waals surface area contributed by atoms with E-state index in [0.29, 0.717) is 13.1 Å². The first kappa shape index (κ1) is 10.6. The van der Waals surface area contributed by atoms with E-state index in [1.54, 1.807) is 7.11 Å². The molecule has 0 fully saturated rings. The summed E-state index contributed by atoms with van der Waals surface area (Å²) in [5.41, 5.74) is 4.82. The van der Waals surface area contributed by atoms with Crippen LogP contribution < -0.4 is 5.48 Å². The fraction of sp³-hybridized carbons (Fsp3) is 0.300. The highest BCUT2D eigenvalue weighted by atomic mass is 16.6. The van der Waals surface area contributed by atoms with E-state index >= 15 is 0 Å². The molecule has 0 unspecified atom stereocenters. The smallest absolute Gasteiger partial charge is 0.235 e. The van der Waals surface area contributed by atoms with Gasteiger partial charge in [-0.1, -0.05) is 24.3 Å². The number of hydroxylamine groups is 1. The second-order valence-electron chi connectivity index (χ2n) is 2.75. The van der Waals surface area contributed by atoms with Crippen LogP contribution >= 0.6 is 0 Å². The van der Waals surface area contributed by atoms with E-state index in [1.807, 2.05) is 24.3 Å². The van der Waals surface area contributed by atoms with Gasteiger partial charge in [0.1, 0.15) is 0 Å². The summed E-state index contributed by atoms with van der Waals surface area (Å²) in [6.07, 6.45) is 1.51. The zero-order valence-corrected chi connectivity index (χ0v) is 7.99. The molecule has 0 aromatic heterocycles. The lowest BCUT2D eigenvalue weighted by Gasteiger charge is -2.03. The molecule has 0 aliphatic carbocycles. The van der Waals surface area contributed by atoms with Gasteiger partial charge in [-0.3, -0.25) is 0 Å². The van der Waals surface area contributed by atoms with Crippen molar-refractivity contribution in [1.82, 2.24) is 5.48 Å². The van der Waals surface area contributed by atoms with E-state index in [2.05, 4.69) is 10.5 Å². The van der Waals surface area contributed by atoms with Gasteiger partial charge in [-0.05, 0) is 11.1 Å². The lowest BCUT2D eigenvalue weighted by Crippen LogP contribution is -2.10. The maximum atomic E-state index is 9.91. The highest BCUT2D eigenvalue weighted by Crippen LogP contribution is 2.05. The second-order valence-corrected chi connectivity index (χ2v) is 2.75. The Balaban J connectivity index is 2.63. The maximum absolute atomic E-state index is 9.91. The molecule has 0 spiro atoms. The molecule has 4 nitrogen and oxygen atoms in total. The Morgan fingerprint density at radius 2 is 2.29 bits per heavy atom. The van der Waals surface area contributed by atoms with Crippen LogP contribution in [0.2, 0.25) is 0 Å². The summed E-state index contributed by atoms with van der Waals surface area (Å²) in [6.45, 7) is 1.01. The molecule has 0 saturated carbocycles. The van der Waals surface area contributed by atoms with Crippen molar-refractivity contribution in [1.29, 1.82) is 0 Å². The lowest BCUT2D eigenvalue weighted by molar-refractivity contribution is 0.0867. The summed E-state index contributed by atoms with van der Waals surface area (Å²) in [4.78, 5) is 18.1. The highest BCUT2D eigenvalue weighted by molar-refractivity contribution is 5.34. The molecule has 1 aromatic carbocycles. The third-order valence-electron chi connectivity index (χ3n) is 1.74. The molecule has 0 aliphatic heterocycles. The van der Waals surface area contributed by atoms with Crippen LogP contribution in [-0.4, -0.2) is 13.2 Å². The zero-order valence-electron chi connectivity index (χ0n) is 7.99. The van der Waals surface area contributed by atoms with Gasteiger partial charge in [0.25, 0.3) is 0 Å². The minimum absolute atomic E-state index is 0.379.